The molecule has 0 spiro atoms. The van der Waals surface area contributed by atoms with Gasteiger partial charge in [0.15, 0.2) is 0 Å². The van der Waals surface area contributed by atoms with Gasteiger partial charge >= 0.3 is 0 Å². The molecule has 0 bridgehead atoms. The molecule has 3 heterocycles. The van der Waals surface area contributed by atoms with Crippen LogP contribution in [0.15, 0.2) is 48.5 Å². The van der Waals surface area contributed by atoms with Crippen LogP contribution in [0.25, 0.3) is 11.0 Å². The number of piperidine rings is 1. The number of rotatable bonds is 4. The van der Waals surface area contributed by atoms with Crippen LogP contribution < -0.4 is 5.32 Å². The van der Waals surface area contributed by atoms with Gasteiger partial charge < -0.3 is 9.88 Å². The van der Waals surface area contributed by atoms with Crippen molar-refractivity contribution in [2.75, 3.05) is 26.2 Å². The Labute approximate surface area is 165 Å². The molecular formula is C23H27FN4. The highest BCUT2D eigenvalue weighted by Gasteiger charge is 2.29. The van der Waals surface area contributed by atoms with Gasteiger partial charge in [-0.25, -0.2) is 9.37 Å². The monoisotopic (exact) mass is 378 g/mol. The Morgan fingerprint density at radius 2 is 1.86 bits per heavy atom. The predicted octanol–water partition coefficient (Wildman–Crippen LogP) is 4.09. The van der Waals surface area contributed by atoms with Crippen molar-refractivity contribution in [1.29, 1.82) is 0 Å². The molecule has 0 radical (unpaired) electrons. The second-order valence-corrected chi connectivity index (χ2v) is 8.16. The van der Waals surface area contributed by atoms with E-state index in [4.69, 9.17) is 4.98 Å². The van der Waals surface area contributed by atoms with Gasteiger partial charge in [-0.05, 0) is 43.5 Å². The molecule has 4 nitrogen and oxygen atoms in total. The Balaban J connectivity index is 1.39. The van der Waals surface area contributed by atoms with E-state index in [2.05, 4.69) is 45.1 Å². The summed E-state index contributed by atoms with van der Waals surface area (Å²) >= 11 is 0. The average Bonchev–Trinajstić information content (AvgIpc) is 3.37. The van der Waals surface area contributed by atoms with Gasteiger partial charge in [0, 0.05) is 44.2 Å². The van der Waals surface area contributed by atoms with Crippen molar-refractivity contribution < 1.29 is 4.39 Å². The first kappa shape index (κ1) is 17.8. The van der Waals surface area contributed by atoms with E-state index >= 15 is 0 Å². The van der Waals surface area contributed by atoms with E-state index in [-0.39, 0.29) is 5.82 Å². The normalized spacial score (nSPS) is 21.5. The third-order valence-electron chi connectivity index (χ3n) is 6.28. The zero-order valence-electron chi connectivity index (χ0n) is 16.1. The highest BCUT2D eigenvalue weighted by molar-refractivity contribution is 5.76. The lowest BCUT2D eigenvalue weighted by molar-refractivity contribution is 0.179. The predicted molar refractivity (Wildman–Crippen MR) is 110 cm³/mol. The van der Waals surface area contributed by atoms with Gasteiger partial charge in [-0.2, -0.15) is 0 Å². The Hall–Kier alpha value is -2.24. The van der Waals surface area contributed by atoms with Crippen LogP contribution in [0.3, 0.4) is 0 Å². The number of halogens is 1. The van der Waals surface area contributed by atoms with Gasteiger partial charge in [0.05, 0.1) is 11.0 Å². The lowest BCUT2D eigenvalue weighted by atomic mass is 10.0. The van der Waals surface area contributed by atoms with E-state index in [0.717, 1.165) is 68.8 Å². The summed E-state index contributed by atoms with van der Waals surface area (Å²) in [5.41, 5.74) is 3.26. The van der Waals surface area contributed by atoms with Crippen molar-refractivity contribution >= 4 is 11.0 Å². The second kappa shape index (κ2) is 7.64. The minimum absolute atomic E-state index is 0.203. The molecule has 3 aromatic rings. The third-order valence-corrected chi connectivity index (χ3v) is 6.28. The Morgan fingerprint density at radius 3 is 2.61 bits per heavy atom. The van der Waals surface area contributed by atoms with Gasteiger partial charge in [0.1, 0.15) is 11.6 Å². The number of imidazole rings is 1. The van der Waals surface area contributed by atoms with Gasteiger partial charge in [-0.1, -0.05) is 30.3 Å². The first-order valence-corrected chi connectivity index (χ1v) is 10.4. The van der Waals surface area contributed by atoms with Crippen LogP contribution in [0.5, 0.6) is 0 Å². The van der Waals surface area contributed by atoms with E-state index in [0.29, 0.717) is 12.0 Å². The van der Waals surface area contributed by atoms with Crippen molar-refractivity contribution in [3.05, 3.63) is 65.7 Å². The summed E-state index contributed by atoms with van der Waals surface area (Å²) in [7, 11) is 0. The number of nitrogens with zero attached hydrogens (tertiary/aromatic N) is 3. The molecule has 5 heteroatoms. The van der Waals surface area contributed by atoms with Gasteiger partial charge in [0.2, 0.25) is 0 Å². The fourth-order valence-electron chi connectivity index (χ4n) is 4.81. The van der Waals surface area contributed by atoms with Crippen LogP contribution in [-0.4, -0.2) is 40.6 Å². The van der Waals surface area contributed by atoms with Crippen molar-refractivity contribution in [2.45, 2.75) is 37.8 Å². The molecule has 2 fully saturated rings. The summed E-state index contributed by atoms with van der Waals surface area (Å²) < 4.78 is 16.2. The maximum atomic E-state index is 13.8. The molecule has 1 unspecified atom stereocenters. The Kier molecular flexibility index (Phi) is 4.87. The summed E-state index contributed by atoms with van der Waals surface area (Å²) in [6.45, 7) is 5.20. The number of likely N-dealkylation sites (tertiary alicyclic amines) is 1. The molecule has 0 aliphatic carbocycles. The second-order valence-electron chi connectivity index (χ2n) is 8.16. The number of aromatic nitrogens is 2. The molecule has 0 saturated carbocycles. The standard InChI is InChI=1S/C23H27FN4/c24-19-6-7-22-21(14-19)26-23(18-8-11-25-15-18)28(22)20-9-12-27(13-10-20)16-17-4-2-1-3-5-17/h1-7,14,18,20,25H,8-13,15-16H2. The topological polar surface area (TPSA) is 33.1 Å². The smallest absolute Gasteiger partial charge is 0.125 e. The SMILES string of the molecule is Fc1ccc2c(c1)nc(C1CCNC1)n2C1CCN(Cc2ccccc2)CC1. The third kappa shape index (κ3) is 3.45. The quantitative estimate of drug-likeness (QED) is 0.742. The average molecular weight is 378 g/mol. The van der Waals surface area contributed by atoms with Crippen LogP contribution in [0.2, 0.25) is 0 Å². The highest BCUT2D eigenvalue weighted by atomic mass is 19.1. The molecule has 2 aromatic carbocycles. The van der Waals surface area contributed by atoms with Gasteiger partial charge in [0.25, 0.3) is 0 Å². The lowest BCUT2D eigenvalue weighted by Gasteiger charge is -2.34. The number of hydrogen-bond acceptors (Lipinski definition) is 3. The fraction of sp³-hybridized carbons (Fsp3) is 0.435. The first-order chi connectivity index (χ1) is 13.8. The summed E-state index contributed by atoms with van der Waals surface area (Å²) in [6.07, 6.45) is 3.34. The van der Waals surface area contributed by atoms with E-state index in [1.165, 1.54) is 5.56 Å². The van der Waals surface area contributed by atoms with Crippen LogP contribution in [0.1, 0.15) is 42.6 Å². The number of hydrogen-bond donors (Lipinski definition) is 1. The molecule has 2 aliphatic rings. The zero-order chi connectivity index (χ0) is 18.9. The molecule has 2 aliphatic heterocycles. The zero-order valence-corrected chi connectivity index (χ0v) is 16.1. The van der Waals surface area contributed by atoms with Crippen LogP contribution in [0, 0.1) is 5.82 Å². The Bertz CT molecular complexity index is 938. The summed E-state index contributed by atoms with van der Waals surface area (Å²) in [4.78, 5) is 7.43. The largest absolute Gasteiger partial charge is 0.324 e. The van der Waals surface area contributed by atoms with Crippen LogP contribution in [-0.2, 0) is 6.54 Å². The van der Waals surface area contributed by atoms with Crippen molar-refractivity contribution in [2.24, 2.45) is 0 Å². The van der Waals surface area contributed by atoms with Crippen molar-refractivity contribution in [3.8, 4) is 0 Å². The minimum Gasteiger partial charge on any atom is -0.324 e. The van der Waals surface area contributed by atoms with Gasteiger partial charge in [-0.15, -0.1) is 0 Å². The molecule has 0 amide bonds. The van der Waals surface area contributed by atoms with Crippen LogP contribution in [0.4, 0.5) is 4.39 Å². The van der Waals surface area contributed by atoms with E-state index in [1.54, 1.807) is 12.1 Å². The number of nitrogens with one attached hydrogen (secondary N) is 1. The lowest BCUT2D eigenvalue weighted by Crippen LogP contribution is -2.34. The molecule has 1 N–H and O–H groups in total. The first-order valence-electron chi connectivity index (χ1n) is 10.4. The molecular weight excluding hydrogens is 351 g/mol. The number of benzene rings is 2. The maximum Gasteiger partial charge on any atom is 0.125 e. The van der Waals surface area contributed by atoms with Crippen molar-refractivity contribution in [3.63, 3.8) is 0 Å². The molecule has 5 rings (SSSR count). The molecule has 1 aromatic heterocycles. The van der Waals surface area contributed by atoms with Gasteiger partial charge in [-0.3, -0.25) is 4.90 Å². The van der Waals surface area contributed by atoms with E-state index in [9.17, 15) is 4.39 Å². The summed E-state index contributed by atoms with van der Waals surface area (Å²) in [5, 5.41) is 3.46. The Morgan fingerprint density at radius 1 is 1.04 bits per heavy atom. The maximum absolute atomic E-state index is 13.8. The van der Waals surface area contributed by atoms with Crippen molar-refractivity contribution in [1.82, 2.24) is 19.8 Å². The summed E-state index contributed by atoms with van der Waals surface area (Å²) in [6, 6.07) is 16.2. The number of fused-ring (bicyclic) bond motifs is 1. The summed E-state index contributed by atoms with van der Waals surface area (Å²) in [5.74, 6) is 1.37. The van der Waals surface area contributed by atoms with E-state index in [1.807, 2.05) is 6.07 Å². The fourth-order valence-corrected chi connectivity index (χ4v) is 4.81. The van der Waals surface area contributed by atoms with Crippen LogP contribution >= 0.6 is 0 Å². The molecule has 1 atom stereocenters. The molecule has 28 heavy (non-hydrogen) atoms. The minimum atomic E-state index is -0.203. The molecule has 2 saturated heterocycles. The van der Waals surface area contributed by atoms with E-state index < -0.39 is 0 Å². The molecule has 146 valence electrons. The highest BCUT2D eigenvalue weighted by Crippen LogP contribution is 2.34.